The van der Waals surface area contributed by atoms with Gasteiger partial charge in [0.2, 0.25) is 0 Å². The van der Waals surface area contributed by atoms with Crippen molar-refractivity contribution in [2.24, 2.45) is 5.92 Å². The van der Waals surface area contributed by atoms with Crippen LogP contribution in [0.5, 0.6) is 0 Å². The average molecular weight is 326 g/mol. The minimum atomic E-state index is -0.507. The number of rotatable bonds is 4. The van der Waals surface area contributed by atoms with Crippen LogP contribution < -0.4 is 0 Å². The monoisotopic (exact) mass is 325 g/mol. The number of pyridine rings is 1. The van der Waals surface area contributed by atoms with E-state index in [0.29, 0.717) is 28.8 Å². The third-order valence-corrected chi connectivity index (χ3v) is 2.93. The average Bonchev–Trinajstić information content (AvgIpc) is 2.71. The zero-order chi connectivity index (χ0) is 14.0. The summed E-state index contributed by atoms with van der Waals surface area (Å²) in [6, 6.07) is 1.30. The summed E-state index contributed by atoms with van der Waals surface area (Å²) in [6.45, 7) is 4.75. The van der Waals surface area contributed by atoms with Crippen LogP contribution in [0.3, 0.4) is 0 Å². The second kappa shape index (κ2) is 5.61. The van der Waals surface area contributed by atoms with E-state index in [0.717, 1.165) is 0 Å². The maximum absolute atomic E-state index is 13.9. The topological polar surface area (TPSA) is 47.8 Å². The summed E-state index contributed by atoms with van der Waals surface area (Å²) in [7, 11) is 0. The second-order valence-corrected chi connectivity index (χ2v) is 5.57. The maximum Gasteiger partial charge on any atom is 0.153 e. The molecule has 0 aliphatic carbocycles. The van der Waals surface area contributed by atoms with E-state index >= 15 is 0 Å². The SMILES string of the molecule is CC(C)Cn1cc(C=O)c(-c2ncc(Br)cc2F)n1. The Morgan fingerprint density at radius 1 is 1.47 bits per heavy atom. The molecule has 0 aromatic carbocycles. The lowest BCUT2D eigenvalue weighted by Crippen LogP contribution is -2.05. The molecule has 0 unspecified atom stereocenters. The number of carbonyl (C=O) groups is 1. The van der Waals surface area contributed by atoms with Crippen molar-refractivity contribution in [3.63, 3.8) is 0 Å². The molecule has 0 atom stereocenters. The molecule has 0 bridgehead atoms. The molecule has 2 heterocycles. The molecule has 0 saturated carbocycles. The summed E-state index contributed by atoms with van der Waals surface area (Å²) in [5.41, 5.74) is 0.711. The van der Waals surface area contributed by atoms with E-state index in [4.69, 9.17) is 0 Å². The zero-order valence-electron chi connectivity index (χ0n) is 10.6. The van der Waals surface area contributed by atoms with Gasteiger partial charge in [-0.25, -0.2) is 4.39 Å². The standard InChI is InChI=1S/C13H13BrFN3O/c1-8(2)5-18-6-9(7-19)12(17-18)13-11(15)3-10(14)4-16-13/h3-4,6-8H,5H2,1-2H3. The van der Waals surface area contributed by atoms with Crippen LogP contribution in [0.2, 0.25) is 0 Å². The number of aldehydes is 1. The largest absolute Gasteiger partial charge is 0.298 e. The van der Waals surface area contributed by atoms with Gasteiger partial charge in [-0.1, -0.05) is 13.8 Å². The van der Waals surface area contributed by atoms with Gasteiger partial charge in [-0.3, -0.25) is 14.5 Å². The molecule has 0 saturated heterocycles. The zero-order valence-corrected chi connectivity index (χ0v) is 12.2. The van der Waals surface area contributed by atoms with Crippen molar-refractivity contribution in [2.45, 2.75) is 20.4 Å². The van der Waals surface area contributed by atoms with Crippen molar-refractivity contribution in [3.8, 4) is 11.4 Å². The molecule has 0 aliphatic heterocycles. The van der Waals surface area contributed by atoms with Crippen molar-refractivity contribution in [2.75, 3.05) is 0 Å². The van der Waals surface area contributed by atoms with Gasteiger partial charge in [-0.15, -0.1) is 0 Å². The number of carbonyl (C=O) groups excluding carboxylic acids is 1. The number of nitrogens with zero attached hydrogens (tertiary/aromatic N) is 3. The van der Waals surface area contributed by atoms with Gasteiger partial charge in [0.25, 0.3) is 0 Å². The quantitative estimate of drug-likeness (QED) is 0.810. The highest BCUT2D eigenvalue weighted by atomic mass is 79.9. The van der Waals surface area contributed by atoms with E-state index in [1.165, 1.54) is 12.3 Å². The third-order valence-electron chi connectivity index (χ3n) is 2.50. The Morgan fingerprint density at radius 2 is 2.21 bits per heavy atom. The molecule has 0 N–H and O–H groups in total. The first-order valence-electron chi connectivity index (χ1n) is 5.85. The molecule has 6 heteroatoms. The molecule has 0 spiro atoms. The van der Waals surface area contributed by atoms with Gasteiger partial charge in [0.15, 0.2) is 12.1 Å². The van der Waals surface area contributed by atoms with E-state index in [1.54, 1.807) is 10.9 Å². The molecule has 0 amide bonds. The first kappa shape index (κ1) is 13.9. The summed E-state index contributed by atoms with van der Waals surface area (Å²) in [6.07, 6.45) is 3.77. The van der Waals surface area contributed by atoms with Crippen LogP contribution in [-0.2, 0) is 6.54 Å². The fourth-order valence-electron chi connectivity index (χ4n) is 1.76. The second-order valence-electron chi connectivity index (χ2n) is 4.65. The highest BCUT2D eigenvalue weighted by Gasteiger charge is 2.16. The Labute approximate surface area is 118 Å². The lowest BCUT2D eigenvalue weighted by molar-refractivity contribution is 0.112. The highest BCUT2D eigenvalue weighted by Crippen LogP contribution is 2.24. The third kappa shape index (κ3) is 3.07. The van der Waals surface area contributed by atoms with Gasteiger partial charge in [0, 0.05) is 23.4 Å². The van der Waals surface area contributed by atoms with Gasteiger partial charge in [0.1, 0.15) is 11.4 Å². The predicted molar refractivity (Wildman–Crippen MR) is 73.3 cm³/mol. The minimum Gasteiger partial charge on any atom is -0.298 e. The van der Waals surface area contributed by atoms with Crippen molar-refractivity contribution >= 4 is 22.2 Å². The van der Waals surface area contributed by atoms with Crippen LogP contribution in [-0.4, -0.2) is 21.1 Å². The molecule has 2 aromatic rings. The number of halogens is 2. The summed E-state index contributed by atoms with van der Waals surface area (Å²) in [5, 5.41) is 4.25. The van der Waals surface area contributed by atoms with Crippen LogP contribution in [0.1, 0.15) is 24.2 Å². The minimum absolute atomic E-state index is 0.0906. The van der Waals surface area contributed by atoms with E-state index in [1.807, 2.05) is 13.8 Å². The van der Waals surface area contributed by atoms with E-state index in [2.05, 4.69) is 26.0 Å². The number of aromatic nitrogens is 3. The Morgan fingerprint density at radius 3 is 2.79 bits per heavy atom. The Balaban J connectivity index is 2.48. The van der Waals surface area contributed by atoms with Gasteiger partial charge >= 0.3 is 0 Å². The first-order chi connectivity index (χ1) is 9.01. The molecule has 4 nitrogen and oxygen atoms in total. The predicted octanol–water partition coefficient (Wildman–Crippen LogP) is 3.32. The molecule has 2 rings (SSSR count). The summed E-state index contributed by atoms with van der Waals surface area (Å²) in [4.78, 5) is 15.1. The Kier molecular flexibility index (Phi) is 4.09. The normalized spacial score (nSPS) is 11.0. The first-order valence-corrected chi connectivity index (χ1v) is 6.64. The lowest BCUT2D eigenvalue weighted by atomic mass is 10.2. The van der Waals surface area contributed by atoms with E-state index in [9.17, 15) is 9.18 Å². The molecule has 0 aliphatic rings. The fourth-order valence-corrected chi connectivity index (χ4v) is 2.07. The fraction of sp³-hybridized carbons (Fsp3) is 0.308. The van der Waals surface area contributed by atoms with Crippen molar-refractivity contribution < 1.29 is 9.18 Å². The van der Waals surface area contributed by atoms with Crippen LogP contribution in [0.25, 0.3) is 11.4 Å². The highest BCUT2D eigenvalue weighted by molar-refractivity contribution is 9.10. The van der Waals surface area contributed by atoms with E-state index < -0.39 is 5.82 Å². The molecular weight excluding hydrogens is 313 g/mol. The van der Waals surface area contributed by atoms with Crippen LogP contribution in [0.15, 0.2) is 22.9 Å². The summed E-state index contributed by atoms with van der Waals surface area (Å²) in [5.74, 6) is -0.123. The molecular formula is C13H13BrFN3O. The smallest absolute Gasteiger partial charge is 0.153 e. The molecule has 19 heavy (non-hydrogen) atoms. The lowest BCUT2D eigenvalue weighted by Gasteiger charge is -2.04. The van der Waals surface area contributed by atoms with Crippen molar-refractivity contribution in [1.29, 1.82) is 0 Å². The van der Waals surface area contributed by atoms with Gasteiger partial charge in [0.05, 0.1) is 5.56 Å². The number of hydrogen-bond acceptors (Lipinski definition) is 3. The summed E-state index contributed by atoms with van der Waals surface area (Å²) >= 11 is 3.14. The van der Waals surface area contributed by atoms with E-state index in [-0.39, 0.29) is 11.4 Å². The van der Waals surface area contributed by atoms with Crippen LogP contribution >= 0.6 is 15.9 Å². The van der Waals surface area contributed by atoms with Crippen molar-refractivity contribution in [3.05, 3.63) is 34.3 Å². The van der Waals surface area contributed by atoms with Crippen LogP contribution in [0, 0.1) is 11.7 Å². The van der Waals surface area contributed by atoms with Crippen molar-refractivity contribution in [1.82, 2.24) is 14.8 Å². The van der Waals surface area contributed by atoms with Gasteiger partial charge < -0.3 is 0 Å². The maximum atomic E-state index is 13.9. The Hall–Kier alpha value is -1.56. The molecule has 100 valence electrons. The molecule has 2 aromatic heterocycles. The molecule has 0 radical (unpaired) electrons. The Bertz CT molecular complexity index is 610. The van der Waals surface area contributed by atoms with Gasteiger partial charge in [-0.05, 0) is 27.9 Å². The number of hydrogen-bond donors (Lipinski definition) is 0. The summed E-state index contributed by atoms with van der Waals surface area (Å²) < 4.78 is 16.1. The molecule has 0 fully saturated rings. The van der Waals surface area contributed by atoms with Gasteiger partial charge in [-0.2, -0.15) is 5.10 Å². The van der Waals surface area contributed by atoms with Crippen LogP contribution in [0.4, 0.5) is 4.39 Å².